The van der Waals surface area contributed by atoms with Crippen LogP contribution >= 0.6 is 11.6 Å². The fourth-order valence-corrected chi connectivity index (χ4v) is 5.21. The molecule has 0 spiro atoms. The molecule has 0 unspecified atom stereocenters. The van der Waals surface area contributed by atoms with Crippen molar-refractivity contribution >= 4 is 33.2 Å². The first-order chi connectivity index (χ1) is 14.9. The number of anilines is 1. The zero-order valence-electron chi connectivity index (χ0n) is 17.9. The molecule has 2 aromatic rings. The maximum atomic E-state index is 13.3. The van der Waals surface area contributed by atoms with Crippen molar-refractivity contribution in [1.29, 1.82) is 0 Å². The summed E-state index contributed by atoms with van der Waals surface area (Å²) in [5.41, 5.74) is 1.36. The van der Waals surface area contributed by atoms with Crippen molar-refractivity contribution in [3.8, 4) is 0 Å². The van der Waals surface area contributed by atoms with Gasteiger partial charge in [-0.25, -0.2) is 8.42 Å². The van der Waals surface area contributed by atoms with Crippen LogP contribution in [0.5, 0.6) is 0 Å². The van der Waals surface area contributed by atoms with Gasteiger partial charge in [0, 0.05) is 11.6 Å². The van der Waals surface area contributed by atoms with E-state index in [1.165, 1.54) is 19.3 Å². The summed E-state index contributed by atoms with van der Waals surface area (Å²) >= 11 is 5.97. The topological polar surface area (TPSA) is 69.7 Å². The summed E-state index contributed by atoms with van der Waals surface area (Å²) in [6.45, 7) is 5.31. The Morgan fingerprint density at radius 1 is 1.03 bits per heavy atom. The number of carbonyl (C=O) groups excluding carboxylic acids is 1. The molecule has 1 amide bonds. The summed E-state index contributed by atoms with van der Waals surface area (Å²) in [7, 11) is -3.91. The number of halogens is 1. The standard InChI is InChI=1S/C23H30ClN3O3S/c1-19-6-12-22(13-7-19)31(29,30)27(21-10-8-20(24)9-11-21)18-23(28)25-14-5-17-26-15-3-2-4-16-26/h6-13H,2-5,14-18H2,1H3,(H,25,28). The van der Waals surface area contributed by atoms with Gasteiger partial charge in [-0.2, -0.15) is 0 Å². The Kier molecular flexibility index (Phi) is 8.35. The van der Waals surface area contributed by atoms with Crippen molar-refractivity contribution in [2.24, 2.45) is 0 Å². The smallest absolute Gasteiger partial charge is 0.264 e. The Morgan fingerprint density at radius 2 is 1.68 bits per heavy atom. The van der Waals surface area contributed by atoms with E-state index in [2.05, 4.69) is 10.2 Å². The van der Waals surface area contributed by atoms with Crippen LogP contribution in [0.15, 0.2) is 53.4 Å². The second-order valence-electron chi connectivity index (χ2n) is 7.91. The highest BCUT2D eigenvalue weighted by molar-refractivity contribution is 7.92. The van der Waals surface area contributed by atoms with Gasteiger partial charge in [-0.05, 0) is 82.2 Å². The number of hydrogen-bond donors (Lipinski definition) is 1. The van der Waals surface area contributed by atoms with E-state index < -0.39 is 10.0 Å². The van der Waals surface area contributed by atoms with Crippen molar-refractivity contribution in [3.63, 3.8) is 0 Å². The van der Waals surface area contributed by atoms with Gasteiger partial charge in [-0.1, -0.05) is 35.7 Å². The van der Waals surface area contributed by atoms with Crippen LogP contribution in [0.4, 0.5) is 5.69 Å². The lowest BCUT2D eigenvalue weighted by atomic mass is 10.1. The van der Waals surface area contributed by atoms with Gasteiger partial charge in [0.2, 0.25) is 5.91 Å². The number of carbonyl (C=O) groups is 1. The predicted molar refractivity (Wildman–Crippen MR) is 125 cm³/mol. The van der Waals surface area contributed by atoms with Crippen molar-refractivity contribution in [2.45, 2.75) is 37.5 Å². The van der Waals surface area contributed by atoms with E-state index in [0.717, 1.165) is 35.9 Å². The molecule has 0 aliphatic carbocycles. The minimum Gasteiger partial charge on any atom is -0.354 e. The summed E-state index contributed by atoms with van der Waals surface area (Å²) in [4.78, 5) is 15.2. The number of benzene rings is 2. The third-order valence-corrected chi connectivity index (χ3v) is 7.47. The fraction of sp³-hybridized carbons (Fsp3) is 0.435. The second-order valence-corrected chi connectivity index (χ2v) is 10.2. The third-order valence-electron chi connectivity index (χ3n) is 5.43. The number of nitrogens with zero attached hydrogens (tertiary/aromatic N) is 2. The quantitative estimate of drug-likeness (QED) is 0.573. The molecule has 1 fully saturated rings. The molecule has 6 nitrogen and oxygen atoms in total. The van der Waals surface area contributed by atoms with Crippen molar-refractivity contribution < 1.29 is 13.2 Å². The number of rotatable bonds is 9. The number of likely N-dealkylation sites (tertiary alicyclic amines) is 1. The van der Waals surface area contributed by atoms with Crippen LogP contribution in [0.3, 0.4) is 0 Å². The maximum absolute atomic E-state index is 13.3. The normalized spacial score (nSPS) is 14.9. The molecule has 168 valence electrons. The minimum atomic E-state index is -3.91. The second kappa shape index (κ2) is 11.0. The first-order valence-corrected chi connectivity index (χ1v) is 12.5. The molecule has 0 aromatic heterocycles. The molecular formula is C23H30ClN3O3S. The Labute approximate surface area is 190 Å². The molecule has 0 atom stereocenters. The van der Waals surface area contributed by atoms with E-state index in [0.29, 0.717) is 17.3 Å². The van der Waals surface area contributed by atoms with Gasteiger partial charge in [0.1, 0.15) is 6.54 Å². The van der Waals surface area contributed by atoms with Crippen molar-refractivity contribution in [1.82, 2.24) is 10.2 Å². The van der Waals surface area contributed by atoms with Crippen LogP contribution in [0.25, 0.3) is 0 Å². The maximum Gasteiger partial charge on any atom is 0.264 e. The van der Waals surface area contributed by atoms with Gasteiger partial charge in [0.05, 0.1) is 10.6 Å². The lowest BCUT2D eigenvalue weighted by Gasteiger charge is -2.26. The van der Waals surface area contributed by atoms with E-state index in [1.54, 1.807) is 48.5 Å². The van der Waals surface area contributed by atoms with Crippen molar-refractivity contribution in [2.75, 3.05) is 37.0 Å². The first-order valence-electron chi connectivity index (χ1n) is 10.7. The van der Waals surface area contributed by atoms with Crippen LogP contribution in [-0.4, -0.2) is 51.9 Å². The van der Waals surface area contributed by atoms with E-state index in [9.17, 15) is 13.2 Å². The van der Waals surface area contributed by atoms with Crippen molar-refractivity contribution in [3.05, 3.63) is 59.1 Å². The van der Waals surface area contributed by atoms with Crippen LogP contribution in [0, 0.1) is 6.92 Å². The van der Waals surface area contributed by atoms with E-state index in [1.807, 2.05) is 6.92 Å². The molecule has 1 N–H and O–H groups in total. The zero-order chi connectivity index (χ0) is 22.3. The molecular weight excluding hydrogens is 434 g/mol. The molecule has 8 heteroatoms. The van der Waals surface area contributed by atoms with E-state index in [-0.39, 0.29) is 17.3 Å². The molecule has 0 bridgehead atoms. The Hall–Kier alpha value is -2.09. The Morgan fingerprint density at radius 3 is 2.32 bits per heavy atom. The number of amides is 1. The first kappa shape index (κ1) is 23.6. The van der Waals surface area contributed by atoms with Gasteiger partial charge >= 0.3 is 0 Å². The number of aryl methyl sites for hydroxylation is 1. The van der Waals surface area contributed by atoms with Gasteiger partial charge < -0.3 is 10.2 Å². The molecule has 1 aliphatic rings. The highest BCUT2D eigenvalue weighted by Crippen LogP contribution is 2.25. The highest BCUT2D eigenvalue weighted by atomic mass is 35.5. The summed E-state index contributed by atoms with van der Waals surface area (Å²) in [6, 6.07) is 13.1. The van der Waals surface area contributed by atoms with Crippen LogP contribution in [0.1, 0.15) is 31.2 Å². The number of hydrogen-bond acceptors (Lipinski definition) is 4. The molecule has 1 aliphatic heterocycles. The molecule has 3 rings (SSSR count). The minimum absolute atomic E-state index is 0.144. The van der Waals surface area contributed by atoms with E-state index in [4.69, 9.17) is 11.6 Å². The van der Waals surface area contributed by atoms with E-state index >= 15 is 0 Å². The molecule has 0 saturated carbocycles. The lowest BCUT2D eigenvalue weighted by molar-refractivity contribution is -0.119. The average Bonchev–Trinajstić information content (AvgIpc) is 2.77. The lowest BCUT2D eigenvalue weighted by Crippen LogP contribution is -2.41. The Bertz CT molecular complexity index is 957. The highest BCUT2D eigenvalue weighted by Gasteiger charge is 2.27. The molecule has 2 aromatic carbocycles. The van der Waals surface area contributed by atoms with Gasteiger partial charge in [0.25, 0.3) is 10.0 Å². The van der Waals surface area contributed by atoms with Crippen LogP contribution in [-0.2, 0) is 14.8 Å². The Balaban J connectivity index is 1.67. The molecule has 0 radical (unpaired) electrons. The summed E-state index contributed by atoms with van der Waals surface area (Å²) < 4.78 is 27.7. The fourth-order valence-electron chi connectivity index (χ4n) is 3.66. The largest absolute Gasteiger partial charge is 0.354 e. The van der Waals surface area contributed by atoms with Crippen LogP contribution in [0.2, 0.25) is 5.02 Å². The van der Waals surface area contributed by atoms with Crippen LogP contribution < -0.4 is 9.62 Å². The SMILES string of the molecule is Cc1ccc(S(=O)(=O)N(CC(=O)NCCCN2CCCCC2)c2ccc(Cl)cc2)cc1. The number of nitrogens with one attached hydrogen (secondary N) is 1. The van der Waals surface area contributed by atoms with Gasteiger partial charge in [-0.15, -0.1) is 0 Å². The number of piperidine rings is 1. The molecule has 1 saturated heterocycles. The van der Waals surface area contributed by atoms with Gasteiger partial charge in [0.15, 0.2) is 0 Å². The third kappa shape index (κ3) is 6.69. The summed E-state index contributed by atoms with van der Waals surface area (Å²) in [5, 5.41) is 3.37. The average molecular weight is 464 g/mol. The summed E-state index contributed by atoms with van der Waals surface area (Å²) in [5.74, 6) is -0.329. The predicted octanol–water partition coefficient (Wildman–Crippen LogP) is 3.84. The van der Waals surface area contributed by atoms with Gasteiger partial charge in [-0.3, -0.25) is 9.10 Å². The number of sulfonamides is 1. The zero-order valence-corrected chi connectivity index (χ0v) is 19.5. The molecule has 31 heavy (non-hydrogen) atoms. The monoisotopic (exact) mass is 463 g/mol. The molecule has 1 heterocycles. The summed E-state index contributed by atoms with van der Waals surface area (Å²) in [6.07, 6.45) is 4.61.